The number of hydrogen-bond acceptors (Lipinski definition) is 6. The van der Waals surface area contributed by atoms with Gasteiger partial charge in [-0.1, -0.05) is 0 Å². The van der Waals surface area contributed by atoms with Gasteiger partial charge in [0.25, 0.3) is 0 Å². The molecule has 3 rings (SSSR count). The second-order valence-electron chi connectivity index (χ2n) is 3.63. The molecule has 0 fully saturated rings. The molecule has 3 aromatic rings. The maximum Gasteiger partial charge on any atom is 0.233 e. The van der Waals surface area contributed by atoms with E-state index in [0.29, 0.717) is 21.3 Å². The monoisotopic (exact) mass is 276 g/mol. The summed E-state index contributed by atoms with van der Waals surface area (Å²) >= 11 is 2.66. The first kappa shape index (κ1) is 11.3. The Morgan fingerprint density at radius 2 is 2.28 bits per heavy atom. The van der Waals surface area contributed by atoms with Crippen LogP contribution < -0.4 is 0 Å². The first-order valence-corrected chi connectivity index (χ1v) is 6.96. The van der Waals surface area contributed by atoms with Crippen molar-refractivity contribution in [2.45, 2.75) is 6.92 Å². The average molecular weight is 276 g/mol. The second kappa shape index (κ2) is 4.47. The molecular weight excluding hydrogens is 268 g/mol. The summed E-state index contributed by atoms with van der Waals surface area (Å²) in [6, 6.07) is 3.56. The zero-order valence-corrected chi connectivity index (χ0v) is 11.0. The minimum absolute atomic E-state index is 0.0954. The lowest BCUT2D eigenvalue weighted by Gasteiger charge is -1.96. The number of furan rings is 1. The van der Waals surface area contributed by atoms with E-state index in [9.17, 15) is 4.79 Å². The molecule has 6 heteroatoms. The quantitative estimate of drug-likeness (QED) is 0.688. The Hall–Kier alpha value is -1.79. The Morgan fingerprint density at radius 3 is 2.94 bits per heavy atom. The van der Waals surface area contributed by atoms with Crippen molar-refractivity contribution in [3.05, 3.63) is 44.9 Å². The molecule has 18 heavy (non-hydrogen) atoms. The minimum Gasteiger partial charge on any atom is -0.463 e. The largest absolute Gasteiger partial charge is 0.463 e. The van der Waals surface area contributed by atoms with E-state index in [-0.39, 0.29) is 5.78 Å². The molecule has 0 saturated heterocycles. The molecule has 4 nitrogen and oxygen atoms in total. The van der Waals surface area contributed by atoms with Crippen LogP contribution in [0.1, 0.15) is 20.4 Å². The molecule has 90 valence electrons. The minimum atomic E-state index is -0.0954. The van der Waals surface area contributed by atoms with E-state index < -0.39 is 0 Å². The van der Waals surface area contributed by atoms with Crippen molar-refractivity contribution in [3.63, 3.8) is 0 Å². The van der Waals surface area contributed by atoms with Gasteiger partial charge in [-0.2, -0.15) is 0 Å². The van der Waals surface area contributed by atoms with Gasteiger partial charge in [-0.3, -0.25) is 4.79 Å². The van der Waals surface area contributed by atoms with E-state index in [1.54, 1.807) is 23.9 Å². The Balaban J connectivity index is 2.03. The first-order valence-electron chi connectivity index (χ1n) is 5.20. The van der Waals surface area contributed by atoms with Crippen LogP contribution >= 0.6 is 22.7 Å². The molecule has 0 aromatic carbocycles. The van der Waals surface area contributed by atoms with E-state index >= 15 is 0 Å². The summed E-state index contributed by atoms with van der Waals surface area (Å²) in [5.41, 5.74) is 3.08. The molecule has 0 aliphatic heterocycles. The highest BCUT2D eigenvalue weighted by atomic mass is 32.1. The maximum atomic E-state index is 12.3. The van der Waals surface area contributed by atoms with Gasteiger partial charge in [0.1, 0.15) is 10.6 Å². The van der Waals surface area contributed by atoms with Crippen molar-refractivity contribution in [2.24, 2.45) is 0 Å². The fourth-order valence-corrected chi connectivity index (χ4v) is 3.09. The maximum absolute atomic E-state index is 12.3. The summed E-state index contributed by atoms with van der Waals surface area (Å²) in [6.45, 7) is 1.87. The van der Waals surface area contributed by atoms with E-state index in [2.05, 4.69) is 9.97 Å². The number of hydrogen-bond donors (Lipinski definition) is 0. The zero-order chi connectivity index (χ0) is 12.5. The third-order valence-electron chi connectivity index (χ3n) is 2.34. The smallest absolute Gasteiger partial charge is 0.233 e. The average Bonchev–Trinajstić information content (AvgIpc) is 3.08. The van der Waals surface area contributed by atoms with Crippen LogP contribution in [-0.4, -0.2) is 15.8 Å². The van der Waals surface area contributed by atoms with Gasteiger partial charge in [-0.25, -0.2) is 9.97 Å². The molecular formula is C12H8N2O2S2. The zero-order valence-electron chi connectivity index (χ0n) is 9.41. The highest BCUT2D eigenvalue weighted by molar-refractivity contribution is 7.15. The highest BCUT2D eigenvalue weighted by Crippen LogP contribution is 2.28. The fourth-order valence-electron chi connectivity index (χ4n) is 1.55. The molecule has 0 radical (unpaired) electrons. The molecule has 0 aliphatic rings. The number of carbonyl (C=O) groups excluding carboxylic acids is 1. The number of rotatable bonds is 3. The standard InChI is InChI=1S/C12H8N2O2S2/c1-7-5-17-12(14-7)10(15)11-9(13-6-18-11)8-3-2-4-16-8/h2-6H,1H3. The van der Waals surface area contributed by atoms with Crippen LogP contribution in [0.2, 0.25) is 0 Å². The van der Waals surface area contributed by atoms with E-state index in [1.807, 2.05) is 12.3 Å². The molecule has 3 aromatic heterocycles. The van der Waals surface area contributed by atoms with Crippen molar-refractivity contribution >= 4 is 28.5 Å². The van der Waals surface area contributed by atoms with Crippen molar-refractivity contribution in [3.8, 4) is 11.5 Å². The summed E-state index contributed by atoms with van der Waals surface area (Å²) in [5, 5.41) is 2.35. The van der Waals surface area contributed by atoms with Gasteiger partial charge in [0.2, 0.25) is 5.78 Å². The summed E-state index contributed by atoms with van der Waals surface area (Å²) in [6.07, 6.45) is 1.57. The number of aromatic nitrogens is 2. The Bertz CT molecular complexity index is 683. The predicted octanol–water partition coefficient (Wildman–Crippen LogP) is 3.40. The van der Waals surface area contributed by atoms with E-state index in [0.717, 1.165) is 5.69 Å². The van der Waals surface area contributed by atoms with E-state index in [4.69, 9.17) is 4.42 Å². The summed E-state index contributed by atoms with van der Waals surface area (Å²) in [7, 11) is 0. The molecule has 0 amide bonds. The van der Waals surface area contributed by atoms with Crippen LogP contribution in [0.25, 0.3) is 11.5 Å². The van der Waals surface area contributed by atoms with Crippen LogP contribution in [0.5, 0.6) is 0 Å². The molecule has 0 bridgehead atoms. The van der Waals surface area contributed by atoms with Gasteiger partial charge >= 0.3 is 0 Å². The Labute approximate surface area is 111 Å². The van der Waals surface area contributed by atoms with Crippen LogP contribution in [-0.2, 0) is 0 Å². The van der Waals surface area contributed by atoms with Gasteiger partial charge in [0.05, 0.1) is 11.8 Å². The lowest BCUT2D eigenvalue weighted by Crippen LogP contribution is -2.00. The third kappa shape index (κ3) is 1.89. The van der Waals surface area contributed by atoms with Crippen molar-refractivity contribution in [2.75, 3.05) is 0 Å². The van der Waals surface area contributed by atoms with Crippen LogP contribution in [0, 0.1) is 6.92 Å². The number of aryl methyl sites for hydroxylation is 1. The molecule has 0 aliphatic carbocycles. The second-order valence-corrected chi connectivity index (χ2v) is 5.34. The topological polar surface area (TPSA) is 56.0 Å². The van der Waals surface area contributed by atoms with Crippen molar-refractivity contribution < 1.29 is 9.21 Å². The van der Waals surface area contributed by atoms with Crippen molar-refractivity contribution in [1.82, 2.24) is 9.97 Å². The molecule has 0 spiro atoms. The number of ketones is 1. The summed E-state index contributed by atoms with van der Waals surface area (Å²) in [5.74, 6) is 0.509. The predicted molar refractivity (Wildman–Crippen MR) is 70.1 cm³/mol. The normalized spacial score (nSPS) is 10.7. The summed E-state index contributed by atoms with van der Waals surface area (Å²) < 4.78 is 5.28. The molecule has 0 atom stereocenters. The van der Waals surface area contributed by atoms with Gasteiger partial charge in [0, 0.05) is 11.1 Å². The molecule has 0 unspecified atom stereocenters. The van der Waals surface area contributed by atoms with Gasteiger partial charge in [-0.05, 0) is 19.1 Å². The van der Waals surface area contributed by atoms with Gasteiger partial charge < -0.3 is 4.42 Å². The first-order chi connectivity index (χ1) is 8.75. The molecule has 3 heterocycles. The number of carbonyl (C=O) groups is 1. The van der Waals surface area contributed by atoms with Gasteiger partial charge in [-0.15, -0.1) is 22.7 Å². The third-order valence-corrected chi connectivity index (χ3v) is 4.13. The lowest BCUT2D eigenvalue weighted by molar-refractivity contribution is 0.104. The number of nitrogens with zero attached hydrogens (tertiary/aromatic N) is 2. The highest BCUT2D eigenvalue weighted by Gasteiger charge is 2.21. The number of thiazole rings is 2. The van der Waals surface area contributed by atoms with Gasteiger partial charge in [0.15, 0.2) is 10.8 Å². The summed E-state index contributed by atoms with van der Waals surface area (Å²) in [4.78, 5) is 21.3. The Kier molecular flexibility index (Phi) is 2.81. The lowest BCUT2D eigenvalue weighted by atomic mass is 10.2. The fraction of sp³-hybridized carbons (Fsp3) is 0.0833. The molecule has 0 saturated carbocycles. The van der Waals surface area contributed by atoms with Crippen LogP contribution in [0.15, 0.2) is 33.7 Å². The SMILES string of the molecule is Cc1csc(C(=O)c2scnc2-c2ccco2)n1. The molecule has 0 N–H and O–H groups in total. The van der Waals surface area contributed by atoms with E-state index in [1.165, 1.54) is 22.7 Å². The Morgan fingerprint density at radius 1 is 1.39 bits per heavy atom. The van der Waals surface area contributed by atoms with Crippen LogP contribution in [0.4, 0.5) is 0 Å². The van der Waals surface area contributed by atoms with Crippen molar-refractivity contribution in [1.29, 1.82) is 0 Å². The van der Waals surface area contributed by atoms with Crippen LogP contribution in [0.3, 0.4) is 0 Å².